The van der Waals surface area contributed by atoms with Crippen LogP contribution in [-0.2, 0) is 4.79 Å². The fraction of sp³-hybridized carbons (Fsp3) is 0.786. The summed E-state index contributed by atoms with van der Waals surface area (Å²) < 4.78 is 5.37. The van der Waals surface area contributed by atoms with Crippen LogP contribution in [0.25, 0.3) is 0 Å². The highest BCUT2D eigenvalue weighted by molar-refractivity contribution is 8.07. The van der Waals surface area contributed by atoms with E-state index in [1.165, 1.54) is 0 Å². The van der Waals surface area contributed by atoms with Crippen LogP contribution in [0.3, 0.4) is 0 Å². The maximum absolute atomic E-state index is 11.3. The van der Waals surface area contributed by atoms with E-state index in [4.69, 9.17) is 4.52 Å². The second-order valence-electron chi connectivity index (χ2n) is 6.47. The first-order valence-corrected chi connectivity index (χ1v) is 9.15. The van der Waals surface area contributed by atoms with Gasteiger partial charge < -0.3 is 9.63 Å². The van der Waals surface area contributed by atoms with Gasteiger partial charge in [0, 0.05) is 16.3 Å². The summed E-state index contributed by atoms with van der Waals surface area (Å²) in [4.78, 5) is 15.8. The third kappa shape index (κ3) is 2.59. The molecule has 3 rings (SSSR count). The molecule has 0 radical (unpaired) electrons. The zero-order chi connectivity index (χ0) is 15.4. The normalized spacial score (nSPS) is 38.2. The quantitative estimate of drug-likeness (QED) is 0.913. The van der Waals surface area contributed by atoms with Gasteiger partial charge >= 0.3 is 5.97 Å². The lowest BCUT2D eigenvalue weighted by molar-refractivity contribution is -0.139. The predicted octanol–water partition coefficient (Wildman–Crippen LogP) is 3.19. The fourth-order valence-electron chi connectivity index (χ4n) is 2.98. The molecule has 0 amide bonds. The highest BCUT2D eigenvalue weighted by Crippen LogP contribution is 2.64. The number of aromatic nitrogens is 2. The van der Waals surface area contributed by atoms with Crippen LogP contribution in [0.1, 0.15) is 50.6 Å². The average Bonchev–Trinajstić information content (AvgIpc) is 2.78. The predicted molar refractivity (Wildman–Crippen MR) is 83.7 cm³/mol. The molecule has 7 heteroatoms. The molecule has 0 spiro atoms. The maximum Gasteiger partial charge on any atom is 0.307 e. The summed E-state index contributed by atoms with van der Waals surface area (Å²) in [7, 11) is 0. The molecule has 1 aliphatic carbocycles. The number of hydrogen-bond donors (Lipinski definition) is 1. The van der Waals surface area contributed by atoms with Gasteiger partial charge in [0.05, 0.1) is 17.1 Å². The molecular formula is C14H20N2O3S2. The number of aliphatic carboxylic acids is 1. The Hall–Kier alpha value is -0.690. The van der Waals surface area contributed by atoms with Crippen molar-refractivity contribution in [3.63, 3.8) is 0 Å². The minimum absolute atomic E-state index is 0.158. The second-order valence-corrected chi connectivity index (χ2v) is 9.47. The lowest BCUT2D eigenvalue weighted by Crippen LogP contribution is -2.22. The van der Waals surface area contributed by atoms with E-state index >= 15 is 0 Å². The van der Waals surface area contributed by atoms with E-state index in [0.29, 0.717) is 22.2 Å². The second kappa shape index (κ2) is 5.19. The summed E-state index contributed by atoms with van der Waals surface area (Å²) in [5.74, 6) is 0.820. The third-order valence-corrected chi connectivity index (χ3v) is 8.04. The molecule has 1 saturated heterocycles. The Labute approximate surface area is 132 Å². The Balaban J connectivity index is 1.75. The molecule has 5 nitrogen and oxygen atoms in total. The molecule has 116 valence electrons. The number of hydrogen-bond acceptors (Lipinski definition) is 6. The smallest absolute Gasteiger partial charge is 0.307 e. The minimum atomic E-state index is -0.783. The molecule has 2 aliphatic rings. The van der Waals surface area contributed by atoms with E-state index in [1.54, 1.807) is 0 Å². The lowest BCUT2D eigenvalue weighted by atomic mass is 10.1. The van der Waals surface area contributed by atoms with Crippen molar-refractivity contribution in [2.24, 2.45) is 11.3 Å². The Morgan fingerprint density at radius 2 is 2.10 bits per heavy atom. The first kappa shape index (κ1) is 15.2. The zero-order valence-corrected chi connectivity index (χ0v) is 14.2. The molecule has 1 aliphatic heterocycles. The van der Waals surface area contributed by atoms with Gasteiger partial charge in [0.1, 0.15) is 0 Å². The molecule has 2 fully saturated rings. The van der Waals surface area contributed by atoms with Crippen molar-refractivity contribution >= 4 is 29.5 Å². The molecule has 1 aromatic rings. The van der Waals surface area contributed by atoms with Crippen LogP contribution >= 0.6 is 23.5 Å². The zero-order valence-electron chi connectivity index (χ0n) is 12.6. The lowest BCUT2D eigenvalue weighted by Gasteiger charge is -2.29. The van der Waals surface area contributed by atoms with Crippen molar-refractivity contribution < 1.29 is 14.4 Å². The van der Waals surface area contributed by atoms with E-state index in [0.717, 1.165) is 5.75 Å². The minimum Gasteiger partial charge on any atom is -0.481 e. The molecule has 5 unspecified atom stereocenters. The van der Waals surface area contributed by atoms with Gasteiger partial charge in [-0.3, -0.25) is 4.79 Å². The van der Waals surface area contributed by atoms with Gasteiger partial charge in [-0.05, 0) is 5.41 Å². The molecular weight excluding hydrogens is 308 g/mol. The van der Waals surface area contributed by atoms with Crippen molar-refractivity contribution in [3.8, 4) is 0 Å². The van der Waals surface area contributed by atoms with Crippen LogP contribution in [0.2, 0.25) is 0 Å². The molecule has 0 bridgehead atoms. The van der Waals surface area contributed by atoms with Gasteiger partial charge in [0.2, 0.25) is 5.89 Å². The maximum atomic E-state index is 11.3. The van der Waals surface area contributed by atoms with Crippen LogP contribution in [0.15, 0.2) is 4.52 Å². The average molecular weight is 328 g/mol. The van der Waals surface area contributed by atoms with Crippen LogP contribution in [0.4, 0.5) is 0 Å². The van der Waals surface area contributed by atoms with Crippen molar-refractivity contribution in [2.45, 2.75) is 49.4 Å². The van der Waals surface area contributed by atoms with Crippen LogP contribution in [0.5, 0.6) is 0 Å². The van der Waals surface area contributed by atoms with Gasteiger partial charge in [-0.2, -0.15) is 16.7 Å². The Bertz CT molecular complexity index is 560. The van der Waals surface area contributed by atoms with Crippen molar-refractivity contribution in [1.82, 2.24) is 10.1 Å². The van der Waals surface area contributed by atoms with E-state index in [9.17, 15) is 9.90 Å². The van der Waals surface area contributed by atoms with Gasteiger partial charge in [-0.15, -0.1) is 11.8 Å². The van der Waals surface area contributed by atoms with Crippen LogP contribution in [-0.4, -0.2) is 37.5 Å². The summed E-state index contributed by atoms with van der Waals surface area (Å²) in [5, 5.41) is 14.8. The number of carboxylic acids is 1. The molecule has 5 atom stereocenters. The topological polar surface area (TPSA) is 76.2 Å². The number of carboxylic acid groups (broad SMARTS) is 1. The van der Waals surface area contributed by atoms with Crippen molar-refractivity contribution in [2.75, 3.05) is 5.75 Å². The molecule has 1 aromatic heterocycles. The molecule has 21 heavy (non-hydrogen) atoms. The van der Waals surface area contributed by atoms with Gasteiger partial charge in [-0.25, -0.2) is 0 Å². The summed E-state index contributed by atoms with van der Waals surface area (Å²) in [5.41, 5.74) is -0.300. The summed E-state index contributed by atoms with van der Waals surface area (Å²) in [6.45, 7) is 8.34. The monoisotopic (exact) mass is 328 g/mol. The first-order chi connectivity index (χ1) is 9.82. The Kier molecular flexibility index (Phi) is 3.76. The summed E-state index contributed by atoms with van der Waals surface area (Å²) in [6, 6.07) is 0. The van der Waals surface area contributed by atoms with Crippen molar-refractivity contribution in [3.05, 3.63) is 11.7 Å². The SMILES string of the molecule is CC1SCC(c2noc(C3C(C(=O)O)C3(C)C)n2)SC1C. The number of thioether (sulfide) groups is 2. The van der Waals surface area contributed by atoms with E-state index < -0.39 is 11.9 Å². The number of nitrogens with zero attached hydrogens (tertiary/aromatic N) is 2. The van der Waals surface area contributed by atoms with Gasteiger partial charge in [-0.1, -0.05) is 32.9 Å². The van der Waals surface area contributed by atoms with Crippen LogP contribution in [0, 0.1) is 11.3 Å². The number of carbonyl (C=O) groups is 1. The number of rotatable bonds is 3. The van der Waals surface area contributed by atoms with E-state index in [2.05, 4.69) is 24.0 Å². The van der Waals surface area contributed by atoms with Crippen LogP contribution < -0.4 is 0 Å². The highest BCUT2D eigenvalue weighted by atomic mass is 32.2. The fourth-order valence-corrected chi connectivity index (χ4v) is 5.82. The summed E-state index contributed by atoms with van der Waals surface area (Å²) in [6.07, 6.45) is 0. The van der Waals surface area contributed by atoms with E-state index in [-0.39, 0.29) is 16.6 Å². The van der Waals surface area contributed by atoms with Gasteiger partial charge in [0.15, 0.2) is 5.82 Å². The first-order valence-electron chi connectivity index (χ1n) is 7.15. The summed E-state index contributed by atoms with van der Waals surface area (Å²) >= 11 is 3.81. The molecule has 2 heterocycles. The molecule has 0 aromatic carbocycles. The third-order valence-electron chi connectivity index (χ3n) is 4.66. The standard InChI is InChI=1S/C14H20N2O3S2/c1-6-7(2)21-8(5-20-6)11-15-12(19-16-11)9-10(13(17)18)14(9,3)4/h6-10H,5H2,1-4H3,(H,17,18). The molecule has 1 N–H and O–H groups in total. The van der Waals surface area contributed by atoms with Crippen molar-refractivity contribution in [1.29, 1.82) is 0 Å². The van der Waals surface area contributed by atoms with E-state index in [1.807, 2.05) is 37.4 Å². The van der Waals surface area contributed by atoms with Gasteiger partial charge in [0.25, 0.3) is 0 Å². The largest absolute Gasteiger partial charge is 0.481 e. The molecule has 1 saturated carbocycles. The Morgan fingerprint density at radius 3 is 2.67 bits per heavy atom. The highest BCUT2D eigenvalue weighted by Gasteiger charge is 2.65. The Morgan fingerprint density at radius 1 is 1.38 bits per heavy atom.